The molecular weight excluding hydrogens is 536 g/mol. The molecule has 1 aliphatic rings. The highest BCUT2D eigenvalue weighted by Gasteiger charge is 2.26. The van der Waals surface area contributed by atoms with Gasteiger partial charge in [-0.05, 0) is 70.8 Å². The molecule has 2 atom stereocenters. The maximum Gasteiger partial charge on any atom is 0.131 e. The number of rotatable bonds is 9. The van der Waals surface area contributed by atoms with Crippen molar-refractivity contribution >= 4 is 68.3 Å². The van der Waals surface area contributed by atoms with Crippen LogP contribution in [-0.2, 0) is 0 Å². The van der Waals surface area contributed by atoms with Crippen molar-refractivity contribution in [1.82, 2.24) is 0 Å². The Hall–Kier alpha value is -0.470. The normalized spacial score (nSPS) is 17.3. The van der Waals surface area contributed by atoms with Crippen molar-refractivity contribution in [2.24, 2.45) is 10.7 Å². The van der Waals surface area contributed by atoms with Crippen molar-refractivity contribution in [3.05, 3.63) is 61.6 Å². The van der Waals surface area contributed by atoms with Crippen LogP contribution in [0.25, 0.3) is 0 Å². The Morgan fingerprint density at radius 2 is 1.90 bits per heavy atom. The number of anilines is 1. The Balaban J connectivity index is 1.78. The van der Waals surface area contributed by atoms with Crippen LogP contribution >= 0.6 is 57.6 Å². The second-order valence-corrected chi connectivity index (χ2v) is 10.4. The average molecular weight is 562 g/mol. The number of halogens is 3. The number of aliphatic imine (C=N–C) groups is 1. The minimum absolute atomic E-state index is 0.0621. The number of thioether (sulfide) groups is 1. The lowest BCUT2D eigenvalue weighted by atomic mass is 9.92. The van der Waals surface area contributed by atoms with Crippen LogP contribution in [-0.4, -0.2) is 30.1 Å². The first kappa shape index (κ1) is 23.2. The lowest BCUT2D eigenvalue weighted by Gasteiger charge is -2.28. The zero-order valence-electron chi connectivity index (χ0n) is 16.5. The van der Waals surface area contributed by atoms with Gasteiger partial charge in [-0.3, -0.25) is 4.99 Å². The molecule has 0 amide bonds. The van der Waals surface area contributed by atoms with E-state index in [-0.39, 0.29) is 6.17 Å². The molecule has 0 fully saturated rings. The van der Waals surface area contributed by atoms with Crippen LogP contribution in [0.1, 0.15) is 37.7 Å². The maximum atomic E-state index is 6.23. The molecule has 2 N–H and O–H groups in total. The molecule has 156 valence electrons. The summed E-state index contributed by atoms with van der Waals surface area (Å²) in [6.45, 7) is 3.52. The molecule has 29 heavy (non-hydrogen) atoms. The van der Waals surface area contributed by atoms with E-state index in [4.69, 9.17) is 33.9 Å². The summed E-state index contributed by atoms with van der Waals surface area (Å²) in [6, 6.07) is 14.5. The molecule has 0 saturated heterocycles. The quantitative estimate of drug-likeness (QED) is 0.342. The van der Waals surface area contributed by atoms with Gasteiger partial charge in [-0.2, -0.15) is 0 Å². The molecule has 2 aromatic rings. The summed E-state index contributed by atoms with van der Waals surface area (Å²) >= 11 is 16.7. The largest absolute Gasteiger partial charge is 0.348 e. The fourth-order valence-electron chi connectivity index (χ4n) is 3.66. The third-order valence-corrected chi connectivity index (χ3v) is 7.23. The van der Waals surface area contributed by atoms with Gasteiger partial charge >= 0.3 is 0 Å². The van der Waals surface area contributed by atoms with Crippen LogP contribution in [0.2, 0.25) is 10.0 Å². The highest BCUT2D eigenvalue weighted by molar-refractivity contribution is 14.1. The average Bonchev–Trinajstić information content (AvgIpc) is 3.14. The van der Waals surface area contributed by atoms with E-state index in [2.05, 4.69) is 58.7 Å². The topological polar surface area (TPSA) is 41.6 Å². The Bertz CT molecular complexity index is 824. The summed E-state index contributed by atoms with van der Waals surface area (Å²) in [6.07, 6.45) is 3.38. The Morgan fingerprint density at radius 3 is 2.52 bits per heavy atom. The molecule has 0 bridgehead atoms. The van der Waals surface area contributed by atoms with Crippen LogP contribution in [0.3, 0.4) is 0 Å². The maximum absolute atomic E-state index is 6.23. The standard InChI is InChI=1S/C22H26Cl2IN3S/c1-2-3-16(15-4-6-19(25)7-5-15)10-22-27-21(14-29-22)28(9-8-26)20-12-17(23)11-18(24)13-20/h4-7,11-13,16,21H,2-3,8-10,14,26H2,1H3. The van der Waals surface area contributed by atoms with E-state index >= 15 is 0 Å². The van der Waals surface area contributed by atoms with Gasteiger partial charge < -0.3 is 10.6 Å². The molecule has 1 heterocycles. The fourth-order valence-corrected chi connectivity index (χ4v) is 5.64. The molecule has 2 aromatic carbocycles. The zero-order chi connectivity index (χ0) is 20.8. The van der Waals surface area contributed by atoms with E-state index in [1.807, 2.05) is 23.9 Å². The van der Waals surface area contributed by atoms with E-state index in [9.17, 15) is 0 Å². The highest BCUT2D eigenvalue weighted by Crippen LogP contribution is 2.34. The lowest BCUT2D eigenvalue weighted by molar-refractivity contribution is 0.631. The van der Waals surface area contributed by atoms with Gasteiger partial charge in [-0.15, -0.1) is 11.8 Å². The molecule has 0 aromatic heterocycles. The smallest absolute Gasteiger partial charge is 0.131 e. The van der Waals surface area contributed by atoms with Gasteiger partial charge in [-0.25, -0.2) is 0 Å². The summed E-state index contributed by atoms with van der Waals surface area (Å²) in [5, 5.41) is 2.49. The van der Waals surface area contributed by atoms with Gasteiger partial charge in [0.05, 0.1) is 5.04 Å². The van der Waals surface area contributed by atoms with Gasteiger partial charge in [0.2, 0.25) is 0 Å². The number of hydrogen-bond acceptors (Lipinski definition) is 4. The van der Waals surface area contributed by atoms with Crippen molar-refractivity contribution < 1.29 is 0 Å². The first-order valence-corrected chi connectivity index (χ1v) is 12.7. The molecule has 3 rings (SSSR count). The molecular formula is C22H26Cl2IN3S. The van der Waals surface area contributed by atoms with Crippen LogP contribution in [0.5, 0.6) is 0 Å². The summed E-state index contributed by atoms with van der Waals surface area (Å²) in [4.78, 5) is 7.29. The Kier molecular flexibility index (Phi) is 8.99. The van der Waals surface area contributed by atoms with E-state index < -0.39 is 0 Å². The molecule has 0 saturated carbocycles. The Labute approximate surface area is 201 Å². The van der Waals surface area contributed by atoms with Crippen molar-refractivity contribution in [1.29, 1.82) is 0 Å². The van der Waals surface area contributed by atoms with Crippen LogP contribution < -0.4 is 10.6 Å². The Morgan fingerprint density at radius 1 is 1.21 bits per heavy atom. The van der Waals surface area contributed by atoms with Gasteiger partial charge in [0.1, 0.15) is 6.17 Å². The molecule has 0 radical (unpaired) electrons. The van der Waals surface area contributed by atoms with Gasteiger partial charge in [-0.1, -0.05) is 48.7 Å². The monoisotopic (exact) mass is 561 g/mol. The van der Waals surface area contributed by atoms with Crippen molar-refractivity contribution in [3.63, 3.8) is 0 Å². The van der Waals surface area contributed by atoms with E-state index in [1.165, 1.54) is 27.0 Å². The predicted octanol–water partition coefficient (Wildman–Crippen LogP) is 6.81. The van der Waals surface area contributed by atoms with Crippen LogP contribution in [0, 0.1) is 3.57 Å². The van der Waals surface area contributed by atoms with Gasteiger partial charge in [0.15, 0.2) is 0 Å². The highest BCUT2D eigenvalue weighted by atomic mass is 127. The van der Waals surface area contributed by atoms with E-state index in [0.717, 1.165) is 17.9 Å². The first-order valence-electron chi connectivity index (χ1n) is 9.88. The van der Waals surface area contributed by atoms with E-state index in [1.54, 1.807) is 6.07 Å². The number of nitrogens with zero attached hydrogens (tertiary/aromatic N) is 2. The van der Waals surface area contributed by atoms with Crippen molar-refractivity contribution in [2.45, 2.75) is 38.3 Å². The van der Waals surface area contributed by atoms with Gasteiger partial charge in [0.25, 0.3) is 0 Å². The summed E-state index contributed by atoms with van der Waals surface area (Å²) in [5.41, 5.74) is 8.27. The van der Waals surface area contributed by atoms with Crippen LogP contribution in [0.15, 0.2) is 47.5 Å². The summed E-state index contributed by atoms with van der Waals surface area (Å²) in [7, 11) is 0. The lowest BCUT2D eigenvalue weighted by Crippen LogP contribution is -2.38. The number of benzene rings is 2. The first-order chi connectivity index (χ1) is 14.0. The third-order valence-electron chi connectivity index (χ3n) is 5.00. The summed E-state index contributed by atoms with van der Waals surface area (Å²) < 4.78 is 1.27. The predicted molar refractivity (Wildman–Crippen MR) is 138 cm³/mol. The van der Waals surface area contributed by atoms with Crippen molar-refractivity contribution in [2.75, 3.05) is 23.7 Å². The molecule has 0 aliphatic carbocycles. The number of hydrogen-bond donors (Lipinski definition) is 1. The number of nitrogens with two attached hydrogens (primary N) is 1. The molecule has 3 nitrogen and oxygen atoms in total. The van der Waals surface area contributed by atoms with Crippen LogP contribution in [0.4, 0.5) is 5.69 Å². The molecule has 1 aliphatic heterocycles. The molecule has 0 spiro atoms. The third kappa shape index (κ3) is 6.50. The van der Waals surface area contributed by atoms with Crippen molar-refractivity contribution in [3.8, 4) is 0 Å². The zero-order valence-corrected chi connectivity index (χ0v) is 20.9. The second kappa shape index (κ2) is 11.2. The van der Waals surface area contributed by atoms with E-state index in [0.29, 0.717) is 29.1 Å². The SMILES string of the molecule is CCCC(CC1=NC(N(CCN)c2cc(Cl)cc(Cl)c2)CS1)c1ccc(I)cc1. The van der Waals surface area contributed by atoms with Gasteiger partial charge in [0, 0.05) is 44.6 Å². The second-order valence-electron chi connectivity index (χ2n) is 7.17. The minimum atomic E-state index is 0.0621. The minimum Gasteiger partial charge on any atom is -0.348 e. The fraction of sp³-hybridized carbons (Fsp3) is 0.409. The summed E-state index contributed by atoms with van der Waals surface area (Å²) in [5.74, 6) is 1.43. The molecule has 2 unspecified atom stereocenters. The molecule has 7 heteroatoms.